The Morgan fingerprint density at radius 1 is 1.35 bits per heavy atom. The van der Waals surface area contributed by atoms with E-state index in [-0.39, 0.29) is 10.8 Å². The molecule has 1 aliphatic rings. The van der Waals surface area contributed by atoms with E-state index in [1.54, 1.807) is 7.05 Å². The maximum atomic E-state index is 5.88. The summed E-state index contributed by atoms with van der Waals surface area (Å²) in [5, 5.41) is 3.07. The smallest absolute Gasteiger partial charge is 0.232 e. The van der Waals surface area contributed by atoms with Gasteiger partial charge < -0.3 is 15.0 Å². The quantitative estimate of drug-likeness (QED) is 0.859. The van der Waals surface area contributed by atoms with Crippen LogP contribution in [0.4, 0.5) is 11.9 Å². The molecular weight excluding hydrogens is 242 g/mol. The van der Waals surface area contributed by atoms with Gasteiger partial charge in [0, 0.05) is 13.6 Å². The topological polar surface area (TPSA) is 63.2 Å². The molecule has 1 N–H and O–H groups in total. The molecule has 0 spiro atoms. The van der Waals surface area contributed by atoms with Gasteiger partial charge in [0.2, 0.25) is 17.2 Å². The minimum atomic E-state index is -0.145. The van der Waals surface area contributed by atoms with E-state index >= 15 is 0 Å². The molecule has 1 aromatic heterocycles. The van der Waals surface area contributed by atoms with Gasteiger partial charge in [-0.3, -0.25) is 0 Å². The van der Waals surface area contributed by atoms with E-state index in [0.29, 0.717) is 25.1 Å². The van der Waals surface area contributed by atoms with Crippen molar-refractivity contribution in [1.82, 2.24) is 15.0 Å². The SMILES string of the molecule is CNc1nc(Cl)nc(N2CCOCC2(C)C)n1. The van der Waals surface area contributed by atoms with E-state index in [1.807, 2.05) is 0 Å². The van der Waals surface area contributed by atoms with Gasteiger partial charge in [0.1, 0.15) is 0 Å². The van der Waals surface area contributed by atoms with Crippen LogP contribution in [0.3, 0.4) is 0 Å². The zero-order chi connectivity index (χ0) is 12.5. The third kappa shape index (κ3) is 2.58. The van der Waals surface area contributed by atoms with Crippen LogP contribution in [0.25, 0.3) is 0 Å². The third-order valence-electron chi connectivity index (χ3n) is 2.71. The molecule has 94 valence electrons. The number of nitrogens with zero attached hydrogens (tertiary/aromatic N) is 4. The molecule has 0 aromatic carbocycles. The molecule has 0 unspecified atom stereocenters. The van der Waals surface area contributed by atoms with E-state index in [9.17, 15) is 0 Å². The Balaban J connectivity index is 2.35. The Morgan fingerprint density at radius 3 is 2.76 bits per heavy atom. The van der Waals surface area contributed by atoms with Crippen LogP contribution in [0.15, 0.2) is 0 Å². The standard InChI is InChI=1S/C10H16ClN5O/c1-10(2)6-17-5-4-16(10)9-14-7(11)13-8(12-3)15-9/h4-6H2,1-3H3,(H,12,13,14,15). The van der Waals surface area contributed by atoms with Crippen LogP contribution < -0.4 is 10.2 Å². The zero-order valence-corrected chi connectivity index (χ0v) is 11.0. The molecule has 0 aliphatic carbocycles. The van der Waals surface area contributed by atoms with Crippen molar-refractivity contribution in [1.29, 1.82) is 0 Å². The van der Waals surface area contributed by atoms with Gasteiger partial charge in [-0.25, -0.2) is 0 Å². The summed E-state index contributed by atoms with van der Waals surface area (Å²) in [5.74, 6) is 1.06. The lowest BCUT2D eigenvalue weighted by molar-refractivity contribution is 0.0634. The molecule has 0 saturated carbocycles. The van der Waals surface area contributed by atoms with Crippen molar-refractivity contribution < 1.29 is 4.74 Å². The number of hydrogen-bond acceptors (Lipinski definition) is 6. The fraction of sp³-hybridized carbons (Fsp3) is 0.700. The number of rotatable bonds is 2. The van der Waals surface area contributed by atoms with Crippen molar-refractivity contribution in [2.45, 2.75) is 19.4 Å². The summed E-state index contributed by atoms with van der Waals surface area (Å²) in [7, 11) is 1.75. The number of anilines is 2. The molecule has 2 heterocycles. The number of aromatic nitrogens is 3. The van der Waals surface area contributed by atoms with Gasteiger partial charge >= 0.3 is 0 Å². The van der Waals surface area contributed by atoms with Gasteiger partial charge in [0.15, 0.2) is 0 Å². The minimum Gasteiger partial charge on any atom is -0.377 e. The minimum absolute atomic E-state index is 0.145. The van der Waals surface area contributed by atoms with Crippen molar-refractivity contribution in [2.75, 3.05) is 37.0 Å². The second kappa shape index (κ2) is 4.62. The summed E-state index contributed by atoms with van der Waals surface area (Å²) in [6, 6.07) is 0. The van der Waals surface area contributed by atoms with Gasteiger partial charge in [0.05, 0.1) is 18.8 Å². The van der Waals surface area contributed by atoms with Gasteiger partial charge in [-0.15, -0.1) is 0 Å². The lowest BCUT2D eigenvalue weighted by Gasteiger charge is -2.42. The van der Waals surface area contributed by atoms with Crippen molar-refractivity contribution in [3.8, 4) is 0 Å². The number of nitrogens with one attached hydrogen (secondary N) is 1. The fourth-order valence-electron chi connectivity index (χ4n) is 1.80. The summed E-state index contributed by atoms with van der Waals surface area (Å²) in [6.45, 7) is 6.23. The largest absolute Gasteiger partial charge is 0.377 e. The summed E-state index contributed by atoms with van der Waals surface area (Å²) >= 11 is 5.88. The number of hydrogen-bond donors (Lipinski definition) is 1. The summed E-state index contributed by atoms with van der Waals surface area (Å²) in [5.41, 5.74) is -0.145. The second-order valence-electron chi connectivity index (χ2n) is 4.49. The predicted molar refractivity (Wildman–Crippen MR) is 66.6 cm³/mol. The Morgan fingerprint density at radius 2 is 2.12 bits per heavy atom. The summed E-state index contributed by atoms with van der Waals surface area (Å²) in [4.78, 5) is 14.6. The molecule has 0 bridgehead atoms. The molecule has 1 fully saturated rings. The highest BCUT2D eigenvalue weighted by Gasteiger charge is 2.32. The van der Waals surface area contributed by atoms with Gasteiger partial charge in [0.25, 0.3) is 0 Å². The van der Waals surface area contributed by atoms with E-state index in [1.165, 1.54) is 0 Å². The summed E-state index contributed by atoms with van der Waals surface area (Å²) < 4.78 is 5.46. The van der Waals surface area contributed by atoms with E-state index in [0.717, 1.165) is 6.54 Å². The molecule has 2 rings (SSSR count). The second-order valence-corrected chi connectivity index (χ2v) is 4.83. The van der Waals surface area contributed by atoms with Crippen LogP contribution in [0.1, 0.15) is 13.8 Å². The third-order valence-corrected chi connectivity index (χ3v) is 2.88. The Labute approximate surface area is 105 Å². The molecule has 6 nitrogen and oxygen atoms in total. The van der Waals surface area contributed by atoms with E-state index in [2.05, 4.69) is 39.0 Å². The summed E-state index contributed by atoms with van der Waals surface area (Å²) in [6.07, 6.45) is 0. The van der Waals surface area contributed by atoms with Crippen LogP contribution in [0.5, 0.6) is 0 Å². The van der Waals surface area contributed by atoms with Gasteiger partial charge in [-0.1, -0.05) is 0 Å². The number of halogens is 1. The normalized spacial score (nSPS) is 19.2. The first-order valence-corrected chi connectivity index (χ1v) is 5.85. The van der Waals surface area contributed by atoms with E-state index < -0.39 is 0 Å². The average Bonchev–Trinajstić information content (AvgIpc) is 2.27. The van der Waals surface area contributed by atoms with Crippen LogP contribution >= 0.6 is 11.6 Å². The lowest BCUT2D eigenvalue weighted by atomic mass is 10.0. The first-order valence-electron chi connectivity index (χ1n) is 5.47. The predicted octanol–water partition coefficient (Wildman–Crippen LogP) is 1.18. The molecule has 1 aromatic rings. The Hall–Kier alpha value is -1.14. The monoisotopic (exact) mass is 257 g/mol. The average molecular weight is 258 g/mol. The Bertz CT molecular complexity index is 412. The van der Waals surface area contributed by atoms with Crippen molar-refractivity contribution in [2.24, 2.45) is 0 Å². The van der Waals surface area contributed by atoms with Crippen LogP contribution in [0, 0.1) is 0 Å². The molecule has 7 heteroatoms. The van der Waals surface area contributed by atoms with Crippen molar-refractivity contribution in [3.05, 3.63) is 5.28 Å². The highest BCUT2D eigenvalue weighted by atomic mass is 35.5. The van der Waals surface area contributed by atoms with Crippen LogP contribution in [-0.4, -0.2) is 47.3 Å². The fourth-order valence-corrected chi connectivity index (χ4v) is 1.96. The molecule has 0 radical (unpaired) electrons. The lowest BCUT2D eigenvalue weighted by Crippen LogP contribution is -2.54. The highest BCUT2D eigenvalue weighted by Crippen LogP contribution is 2.25. The van der Waals surface area contributed by atoms with E-state index in [4.69, 9.17) is 16.3 Å². The number of morpholine rings is 1. The molecule has 0 amide bonds. The van der Waals surface area contributed by atoms with Gasteiger partial charge in [-0.2, -0.15) is 15.0 Å². The first-order chi connectivity index (χ1) is 8.03. The molecule has 1 saturated heterocycles. The van der Waals surface area contributed by atoms with Gasteiger partial charge in [-0.05, 0) is 25.4 Å². The highest BCUT2D eigenvalue weighted by molar-refractivity contribution is 6.28. The molecular formula is C10H16ClN5O. The van der Waals surface area contributed by atoms with Crippen molar-refractivity contribution in [3.63, 3.8) is 0 Å². The maximum absolute atomic E-state index is 5.88. The molecule has 1 aliphatic heterocycles. The number of ether oxygens (including phenoxy) is 1. The first kappa shape index (κ1) is 12.3. The van der Waals surface area contributed by atoms with Crippen LogP contribution in [0.2, 0.25) is 5.28 Å². The zero-order valence-electron chi connectivity index (χ0n) is 10.2. The van der Waals surface area contributed by atoms with Crippen molar-refractivity contribution >= 4 is 23.5 Å². The maximum Gasteiger partial charge on any atom is 0.232 e. The molecule has 0 atom stereocenters. The van der Waals surface area contributed by atoms with Crippen LogP contribution in [-0.2, 0) is 4.74 Å². The Kier molecular flexibility index (Phi) is 3.35. The molecule has 17 heavy (non-hydrogen) atoms.